The van der Waals surface area contributed by atoms with Crippen molar-refractivity contribution in [1.29, 1.82) is 0 Å². The van der Waals surface area contributed by atoms with Crippen LogP contribution in [0.3, 0.4) is 0 Å². The first-order valence-electron chi connectivity index (χ1n) is 6.82. The summed E-state index contributed by atoms with van der Waals surface area (Å²) in [5.74, 6) is -1.94. The van der Waals surface area contributed by atoms with E-state index in [9.17, 15) is 14.0 Å². The van der Waals surface area contributed by atoms with Gasteiger partial charge in [0.05, 0.1) is 17.6 Å². The number of allylic oxidation sites excluding steroid dienone is 1. The standard InChI is InChI=1S/C15H13BrFN3O3/c1-7-11(12-14(23-7)18-6-20(2)15(12)22)13(21)19-10-4-3-8(16)5-9(10)17/h3-6,12,14H,1-2H3,(H,19,21). The number of aliphatic imine (C=N–C) groups is 1. The molecule has 0 fully saturated rings. The van der Waals surface area contributed by atoms with Gasteiger partial charge in [-0.15, -0.1) is 0 Å². The summed E-state index contributed by atoms with van der Waals surface area (Å²) in [5.41, 5.74) is 0.202. The fourth-order valence-corrected chi connectivity index (χ4v) is 2.89. The lowest BCUT2D eigenvalue weighted by atomic mass is 9.95. The summed E-state index contributed by atoms with van der Waals surface area (Å²) in [6, 6.07) is 4.29. The van der Waals surface area contributed by atoms with Gasteiger partial charge in [-0.25, -0.2) is 9.38 Å². The minimum absolute atomic E-state index is 0.0297. The number of anilines is 1. The van der Waals surface area contributed by atoms with E-state index >= 15 is 0 Å². The van der Waals surface area contributed by atoms with Crippen molar-refractivity contribution in [2.45, 2.75) is 13.2 Å². The van der Waals surface area contributed by atoms with Crippen LogP contribution in [0.5, 0.6) is 0 Å². The maximum absolute atomic E-state index is 13.9. The molecule has 1 aromatic carbocycles. The molecule has 0 aromatic heterocycles. The second kappa shape index (κ2) is 5.77. The Kier molecular flexibility index (Phi) is 3.93. The summed E-state index contributed by atoms with van der Waals surface area (Å²) in [4.78, 5) is 30.2. The third-order valence-corrected chi connectivity index (χ3v) is 4.19. The first-order chi connectivity index (χ1) is 10.9. The van der Waals surface area contributed by atoms with Gasteiger partial charge in [0.15, 0.2) is 0 Å². The normalized spacial score (nSPS) is 23.0. The van der Waals surface area contributed by atoms with Crippen LogP contribution in [0.1, 0.15) is 6.92 Å². The fourth-order valence-electron chi connectivity index (χ4n) is 2.56. The van der Waals surface area contributed by atoms with Gasteiger partial charge in [-0.05, 0) is 25.1 Å². The van der Waals surface area contributed by atoms with E-state index in [1.807, 2.05) is 0 Å². The summed E-state index contributed by atoms with van der Waals surface area (Å²) in [7, 11) is 1.56. The van der Waals surface area contributed by atoms with E-state index in [-0.39, 0.29) is 17.2 Å². The van der Waals surface area contributed by atoms with Gasteiger partial charge in [0, 0.05) is 11.5 Å². The highest BCUT2D eigenvalue weighted by atomic mass is 79.9. The molecule has 0 radical (unpaired) electrons. The molecule has 2 aliphatic rings. The van der Waals surface area contributed by atoms with Crippen molar-refractivity contribution in [2.24, 2.45) is 10.9 Å². The topological polar surface area (TPSA) is 71.0 Å². The van der Waals surface area contributed by atoms with E-state index in [0.29, 0.717) is 10.2 Å². The zero-order valence-electron chi connectivity index (χ0n) is 12.3. The van der Waals surface area contributed by atoms with E-state index in [0.717, 1.165) is 0 Å². The molecule has 0 bridgehead atoms. The number of nitrogens with one attached hydrogen (secondary N) is 1. The van der Waals surface area contributed by atoms with Crippen molar-refractivity contribution in [1.82, 2.24) is 4.90 Å². The van der Waals surface area contributed by atoms with Crippen molar-refractivity contribution in [3.63, 3.8) is 0 Å². The largest absolute Gasteiger partial charge is 0.472 e. The number of halogens is 2. The molecule has 3 rings (SSSR count). The van der Waals surface area contributed by atoms with Gasteiger partial charge in [-0.2, -0.15) is 0 Å². The second-order valence-electron chi connectivity index (χ2n) is 5.25. The summed E-state index contributed by atoms with van der Waals surface area (Å²) < 4.78 is 19.9. The Morgan fingerprint density at radius 2 is 2.22 bits per heavy atom. The number of rotatable bonds is 2. The highest BCUT2D eigenvalue weighted by Crippen LogP contribution is 2.35. The molecule has 0 spiro atoms. The lowest BCUT2D eigenvalue weighted by molar-refractivity contribution is -0.133. The molecule has 2 unspecified atom stereocenters. The zero-order valence-corrected chi connectivity index (χ0v) is 13.9. The van der Waals surface area contributed by atoms with Crippen molar-refractivity contribution in [3.8, 4) is 0 Å². The summed E-state index contributed by atoms with van der Waals surface area (Å²) in [6.45, 7) is 1.59. The van der Waals surface area contributed by atoms with Crippen molar-refractivity contribution >= 4 is 39.8 Å². The Labute approximate surface area is 140 Å². The molecular formula is C15H13BrFN3O3. The smallest absolute Gasteiger partial charge is 0.256 e. The maximum atomic E-state index is 13.9. The van der Waals surface area contributed by atoms with Gasteiger partial charge >= 0.3 is 0 Å². The van der Waals surface area contributed by atoms with Crippen LogP contribution in [0.4, 0.5) is 10.1 Å². The maximum Gasteiger partial charge on any atom is 0.256 e. The minimum atomic E-state index is -0.816. The van der Waals surface area contributed by atoms with E-state index in [4.69, 9.17) is 4.74 Å². The Hall–Kier alpha value is -2.22. The summed E-state index contributed by atoms with van der Waals surface area (Å²) in [5, 5.41) is 2.48. The first kappa shape index (κ1) is 15.7. The first-order valence-corrected chi connectivity index (χ1v) is 7.61. The van der Waals surface area contributed by atoms with Crippen molar-refractivity contribution in [3.05, 3.63) is 39.8 Å². The third-order valence-electron chi connectivity index (χ3n) is 3.70. The SMILES string of the molecule is CC1=C(C(=O)Nc2ccc(Br)cc2F)C2C(=O)N(C)C=NC2O1. The van der Waals surface area contributed by atoms with Crippen LogP contribution in [0.25, 0.3) is 0 Å². The van der Waals surface area contributed by atoms with Crippen LogP contribution >= 0.6 is 15.9 Å². The number of benzene rings is 1. The Morgan fingerprint density at radius 1 is 1.48 bits per heavy atom. The highest BCUT2D eigenvalue weighted by molar-refractivity contribution is 9.10. The van der Waals surface area contributed by atoms with E-state index in [2.05, 4.69) is 26.2 Å². The summed E-state index contributed by atoms with van der Waals surface area (Å²) >= 11 is 3.15. The lowest BCUT2D eigenvalue weighted by Crippen LogP contribution is -2.43. The second-order valence-corrected chi connectivity index (χ2v) is 6.16. The molecule has 2 heterocycles. The Bertz CT molecular complexity index is 762. The molecule has 2 atom stereocenters. The number of hydrogen-bond donors (Lipinski definition) is 1. The highest BCUT2D eigenvalue weighted by Gasteiger charge is 2.46. The van der Waals surface area contributed by atoms with Crippen LogP contribution in [-0.4, -0.2) is 36.3 Å². The molecule has 120 valence electrons. The van der Waals surface area contributed by atoms with E-state index in [1.165, 1.54) is 23.4 Å². The van der Waals surface area contributed by atoms with Gasteiger partial charge in [0.25, 0.3) is 5.91 Å². The van der Waals surface area contributed by atoms with Gasteiger partial charge in [-0.1, -0.05) is 15.9 Å². The number of amides is 2. The molecule has 0 saturated heterocycles. The number of carbonyl (C=O) groups excluding carboxylic acids is 2. The number of fused-ring (bicyclic) bond motifs is 1. The molecule has 0 aliphatic carbocycles. The van der Waals surface area contributed by atoms with Gasteiger partial charge in [0.2, 0.25) is 12.1 Å². The molecule has 1 N–H and O–H groups in total. The molecule has 6 nitrogen and oxygen atoms in total. The molecular weight excluding hydrogens is 369 g/mol. The fraction of sp³-hybridized carbons (Fsp3) is 0.267. The Morgan fingerprint density at radius 3 is 2.91 bits per heavy atom. The molecule has 2 amide bonds. The van der Waals surface area contributed by atoms with Crippen LogP contribution < -0.4 is 5.32 Å². The number of nitrogens with zero attached hydrogens (tertiary/aromatic N) is 2. The Balaban J connectivity index is 1.88. The molecule has 23 heavy (non-hydrogen) atoms. The molecule has 0 saturated carbocycles. The summed E-state index contributed by atoms with van der Waals surface area (Å²) in [6.07, 6.45) is 0.626. The van der Waals surface area contributed by atoms with E-state index < -0.39 is 23.9 Å². The molecule has 1 aromatic rings. The third kappa shape index (κ3) is 2.74. The zero-order chi connectivity index (χ0) is 16.7. The van der Waals surface area contributed by atoms with E-state index in [1.54, 1.807) is 20.0 Å². The minimum Gasteiger partial charge on any atom is -0.472 e. The monoisotopic (exact) mass is 381 g/mol. The average Bonchev–Trinajstić information content (AvgIpc) is 2.83. The molecule has 8 heteroatoms. The number of hydrogen-bond acceptors (Lipinski definition) is 4. The van der Waals surface area contributed by atoms with Gasteiger partial charge in [0.1, 0.15) is 17.5 Å². The number of ether oxygens (including phenoxy) is 1. The van der Waals surface area contributed by atoms with Crippen molar-refractivity contribution in [2.75, 3.05) is 12.4 Å². The average molecular weight is 382 g/mol. The van der Waals surface area contributed by atoms with Crippen LogP contribution in [0.15, 0.2) is 39.0 Å². The van der Waals surface area contributed by atoms with Gasteiger partial charge < -0.3 is 15.0 Å². The van der Waals surface area contributed by atoms with Gasteiger partial charge in [-0.3, -0.25) is 9.59 Å². The quantitative estimate of drug-likeness (QED) is 0.853. The van der Waals surface area contributed by atoms with Crippen LogP contribution in [0, 0.1) is 11.7 Å². The van der Waals surface area contributed by atoms with Crippen LogP contribution in [-0.2, 0) is 14.3 Å². The lowest BCUT2D eigenvalue weighted by Gasteiger charge is -2.25. The number of carbonyl (C=O) groups is 2. The van der Waals surface area contributed by atoms with Crippen molar-refractivity contribution < 1.29 is 18.7 Å². The predicted molar refractivity (Wildman–Crippen MR) is 85.1 cm³/mol. The predicted octanol–water partition coefficient (Wildman–Crippen LogP) is 2.27. The van der Waals surface area contributed by atoms with Crippen LogP contribution in [0.2, 0.25) is 0 Å². The molecule has 2 aliphatic heterocycles.